The fourth-order valence-corrected chi connectivity index (χ4v) is 2.48. The van der Waals surface area contributed by atoms with Crippen molar-refractivity contribution in [3.05, 3.63) is 23.3 Å². The Balaban J connectivity index is 2.94. The van der Waals surface area contributed by atoms with E-state index in [2.05, 4.69) is 0 Å². The molecule has 0 saturated carbocycles. The van der Waals surface area contributed by atoms with Gasteiger partial charge in [-0.3, -0.25) is 0 Å². The van der Waals surface area contributed by atoms with Gasteiger partial charge in [0.15, 0.2) is 23.0 Å². The van der Waals surface area contributed by atoms with E-state index in [1.807, 2.05) is 0 Å². The molecule has 6 N–H and O–H groups in total. The lowest BCUT2D eigenvalue weighted by Gasteiger charge is -2.19. The van der Waals surface area contributed by atoms with Gasteiger partial charge in [-0.1, -0.05) is 6.07 Å². The van der Waals surface area contributed by atoms with Crippen molar-refractivity contribution in [3.8, 4) is 45.6 Å². The van der Waals surface area contributed by atoms with Gasteiger partial charge in [0.25, 0.3) is 0 Å². The average molecular weight is 338 g/mol. The summed E-state index contributed by atoms with van der Waals surface area (Å²) in [5, 5.41) is 59.9. The minimum atomic E-state index is -0.964. The van der Waals surface area contributed by atoms with Gasteiger partial charge in [0.2, 0.25) is 11.5 Å². The van der Waals surface area contributed by atoms with Crippen LogP contribution in [0.3, 0.4) is 0 Å². The molecule has 2 rings (SSSR count). The molecule has 0 spiro atoms. The Labute approximate surface area is 137 Å². The molecule has 2 aromatic carbocycles. The van der Waals surface area contributed by atoms with Crippen molar-refractivity contribution in [2.24, 2.45) is 0 Å². The molecule has 24 heavy (non-hydrogen) atoms. The molecule has 0 radical (unpaired) electrons. The zero-order chi connectivity index (χ0) is 18.0. The van der Waals surface area contributed by atoms with E-state index in [-0.39, 0.29) is 29.9 Å². The van der Waals surface area contributed by atoms with Crippen LogP contribution < -0.4 is 0 Å². The number of benzene rings is 2. The Kier molecular flexibility index (Phi) is 4.91. The first-order chi connectivity index (χ1) is 11.3. The summed E-state index contributed by atoms with van der Waals surface area (Å²) < 4.78 is 9.98. The van der Waals surface area contributed by atoms with Crippen LogP contribution in [0.2, 0.25) is 0 Å². The first kappa shape index (κ1) is 17.5. The minimum absolute atomic E-state index is 0.0113. The second-order valence-electron chi connectivity index (χ2n) is 5.08. The van der Waals surface area contributed by atoms with Crippen molar-refractivity contribution >= 4 is 0 Å². The smallest absolute Gasteiger partial charge is 0.204 e. The molecule has 0 atom stereocenters. The third kappa shape index (κ3) is 2.72. The van der Waals surface area contributed by atoms with E-state index < -0.39 is 34.5 Å². The SMILES string of the molecule is COCc1ccc(O)c(O)c1-c1c(O)c(O)c(O)c(O)c1COC. The third-order valence-corrected chi connectivity index (χ3v) is 3.58. The number of rotatable bonds is 5. The van der Waals surface area contributed by atoms with Crippen LogP contribution in [0, 0.1) is 0 Å². The number of hydrogen-bond acceptors (Lipinski definition) is 8. The molecule has 8 heteroatoms. The highest BCUT2D eigenvalue weighted by atomic mass is 16.5. The summed E-state index contributed by atoms with van der Waals surface area (Å²) in [4.78, 5) is 0. The molecular weight excluding hydrogens is 320 g/mol. The highest BCUT2D eigenvalue weighted by Crippen LogP contribution is 2.54. The molecule has 0 aliphatic heterocycles. The van der Waals surface area contributed by atoms with E-state index >= 15 is 0 Å². The zero-order valence-corrected chi connectivity index (χ0v) is 13.1. The highest BCUT2D eigenvalue weighted by molar-refractivity contribution is 5.88. The number of phenols is 6. The number of methoxy groups -OCH3 is 2. The molecule has 0 aliphatic carbocycles. The maximum atomic E-state index is 10.3. The van der Waals surface area contributed by atoms with E-state index in [4.69, 9.17) is 9.47 Å². The van der Waals surface area contributed by atoms with Crippen LogP contribution in [0.4, 0.5) is 0 Å². The van der Waals surface area contributed by atoms with Crippen LogP contribution in [-0.4, -0.2) is 44.9 Å². The fourth-order valence-electron chi connectivity index (χ4n) is 2.48. The molecule has 0 amide bonds. The van der Waals surface area contributed by atoms with E-state index in [0.29, 0.717) is 5.56 Å². The number of hydrogen-bond donors (Lipinski definition) is 6. The van der Waals surface area contributed by atoms with Crippen molar-refractivity contribution in [3.63, 3.8) is 0 Å². The molecule has 0 aromatic heterocycles. The summed E-state index contributed by atoms with van der Waals surface area (Å²) in [6.45, 7) is -0.235. The first-order valence-corrected chi connectivity index (χ1v) is 6.85. The number of ether oxygens (including phenoxy) is 2. The van der Waals surface area contributed by atoms with Crippen LogP contribution in [-0.2, 0) is 22.7 Å². The van der Waals surface area contributed by atoms with E-state index in [9.17, 15) is 30.6 Å². The molecule has 0 heterocycles. The van der Waals surface area contributed by atoms with Crippen molar-refractivity contribution in [1.29, 1.82) is 0 Å². The monoisotopic (exact) mass is 338 g/mol. The van der Waals surface area contributed by atoms with E-state index in [0.717, 1.165) is 0 Å². The van der Waals surface area contributed by atoms with Gasteiger partial charge >= 0.3 is 0 Å². The lowest BCUT2D eigenvalue weighted by molar-refractivity contribution is 0.180. The number of aromatic hydroxyl groups is 6. The highest BCUT2D eigenvalue weighted by Gasteiger charge is 2.28. The normalized spacial score (nSPS) is 10.9. The first-order valence-electron chi connectivity index (χ1n) is 6.85. The minimum Gasteiger partial charge on any atom is -0.504 e. The molecule has 0 saturated heterocycles. The molecule has 0 fully saturated rings. The zero-order valence-electron chi connectivity index (χ0n) is 13.1. The van der Waals surface area contributed by atoms with Crippen LogP contribution >= 0.6 is 0 Å². The van der Waals surface area contributed by atoms with E-state index in [1.54, 1.807) is 0 Å². The topological polar surface area (TPSA) is 140 Å². The summed E-state index contributed by atoms with van der Waals surface area (Å²) in [6, 6.07) is 2.69. The second kappa shape index (κ2) is 6.73. The Morgan fingerprint density at radius 1 is 0.667 bits per heavy atom. The largest absolute Gasteiger partial charge is 0.504 e. The van der Waals surface area contributed by atoms with Crippen molar-refractivity contribution < 1.29 is 40.1 Å². The lowest BCUT2D eigenvalue weighted by Crippen LogP contribution is -1.99. The predicted molar refractivity (Wildman–Crippen MR) is 83.3 cm³/mol. The Morgan fingerprint density at radius 2 is 1.25 bits per heavy atom. The molecule has 130 valence electrons. The summed E-state index contributed by atoms with van der Waals surface area (Å²) in [6.07, 6.45) is 0. The van der Waals surface area contributed by atoms with Crippen molar-refractivity contribution in [2.45, 2.75) is 13.2 Å². The van der Waals surface area contributed by atoms with Crippen LogP contribution in [0.25, 0.3) is 11.1 Å². The molecular formula is C16H18O8. The maximum absolute atomic E-state index is 10.3. The van der Waals surface area contributed by atoms with Gasteiger partial charge in [0.05, 0.1) is 13.2 Å². The second-order valence-corrected chi connectivity index (χ2v) is 5.08. The predicted octanol–water partition coefficient (Wildman–Crippen LogP) is 1.88. The Bertz CT molecular complexity index is 770. The van der Waals surface area contributed by atoms with Crippen molar-refractivity contribution in [1.82, 2.24) is 0 Å². The van der Waals surface area contributed by atoms with Gasteiger partial charge in [-0.05, 0) is 11.6 Å². The lowest BCUT2D eigenvalue weighted by atomic mass is 9.92. The Morgan fingerprint density at radius 3 is 1.83 bits per heavy atom. The summed E-state index contributed by atoms with van der Waals surface area (Å²) in [5.41, 5.74) is 0.0330. The van der Waals surface area contributed by atoms with Crippen LogP contribution in [0.15, 0.2) is 12.1 Å². The summed E-state index contributed by atoms with van der Waals surface area (Å²) in [5.74, 6) is -4.44. The van der Waals surface area contributed by atoms with Gasteiger partial charge in [0, 0.05) is 30.9 Å². The van der Waals surface area contributed by atoms with Gasteiger partial charge in [0.1, 0.15) is 0 Å². The summed E-state index contributed by atoms with van der Waals surface area (Å²) >= 11 is 0. The molecule has 8 nitrogen and oxygen atoms in total. The molecule has 2 aromatic rings. The van der Waals surface area contributed by atoms with Gasteiger partial charge in [-0.2, -0.15) is 0 Å². The van der Waals surface area contributed by atoms with Crippen LogP contribution in [0.1, 0.15) is 11.1 Å². The van der Waals surface area contributed by atoms with Gasteiger partial charge < -0.3 is 40.1 Å². The quantitative estimate of drug-likeness (QED) is 0.359. The molecule has 0 unspecified atom stereocenters. The van der Waals surface area contributed by atoms with Crippen LogP contribution in [0.5, 0.6) is 34.5 Å². The molecule has 0 bridgehead atoms. The number of phenolic OH excluding ortho intramolecular Hbond substituents is 6. The standard InChI is InChI=1S/C16H18O8/c1-23-5-7-3-4-9(17)13(19)10(7)11-8(6-24-2)12(18)15(21)16(22)14(11)20/h3-4,17-22H,5-6H2,1-2H3. The molecule has 0 aliphatic rings. The van der Waals surface area contributed by atoms with Crippen molar-refractivity contribution in [2.75, 3.05) is 14.2 Å². The van der Waals surface area contributed by atoms with E-state index in [1.165, 1.54) is 26.4 Å². The fraction of sp³-hybridized carbons (Fsp3) is 0.250. The third-order valence-electron chi connectivity index (χ3n) is 3.58. The summed E-state index contributed by atoms with van der Waals surface area (Å²) in [7, 11) is 2.73. The average Bonchev–Trinajstić information content (AvgIpc) is 2.56. The Hall–Kier alpha value is -2.84. The van der Waals surface area contributed by atoms with Gasteiger partial charge in [-0.25, -0.2) is 0 Å². The van der Waals surface area contributed by atoms with Gasteiger partial charge in [-0.15, -0.1) is 0 Å². The maximum Gasteiger partial charge on any atom is 0.204 e.